The van der Waals surface area contributed by atoms with E-state index in [-0.39, 0.29) is 5.41 Å². The summed E-state index contributed by atoms with van der Waals surface area (Å²) in [6.45, 7) is 6.70. The van der Waals surface area contributed by atoms with Crippen molar-refractivity contribution in [3.63, 3.8) is 0 Å². The van der Waals surface area contributed by atoms with Gasteiger partial charge < -0.3 is 10.2 Å². The lowest BCUT2D eigenvalue weighted by molar-refractivity contribution is -0.183. The van der Waals surface area contributed by atoms with E-state index in [1.165, 1.54) is 44.9 Å². The molecule has 0 radical (unpaired) electrons. The Balaban J connectivity index is 1.65. The number of aliphatic hydroxyl groups excluding tert-OH is 1. The number of hydrogen-bond donors (Lipinski definition) is 2. The summed E-state index contributed by atoms with van der Waals surface area (Å²) < 4.78 is 0. The molecule has 4 fully saturated rings. The predicted molar refractivity (Wildman–Crippen MR) is 93.0 cm³/mol. The highest BCUT2D eigenvalue weighted by Crippen LogP contribution is 2.68. The largest absolute Gasteiger partial charge is 0.390 e. The highest BCUT2D eigenvalue weighted by atomic mass is 16.3. The molecule has 0 heterocycles. The van der Waals surface area contributed by atoms with Crippen LogP contribution in [0.3, 0.4) is 0 Å². The molecule has 8 atom stereocenters. The SMILES string of the molecule is C[C@H](O)[C@@]1(O)CC[C@@H]2[C@@H]3CC[C@H]4CCCC[C@]4(C)[C@@H]3CC[C@@]21C. The quantitative estimate of drug-likeness (QED) is 0.745. The van der Waals surface area contributed by atoms with E-state index >= 15 is 0 Å². The number of rotatable bonds is 1. The molecule has 4 saturated carbocycles. The van der Waals surface area contributed by atoms with Crippen molar-refractivity contribution >= 4 is 0 Å². The van der Waals surface area contributed by atoms with Crippen molar-refractivity contribution in [1.82, 2.24) is 0 Å². The Bertz CT molecular complexity index is 474. The van der Waals surface area contributed by atoms with E-state index in [0.717, 1.165) is 37.0 Å². The van der Waals surface area contributed by atoms with Crippen molar-refractivity contribution in [3.05, 3.63) is 0 Å². The van der Waals surface area contributed by atoms with Crippen LogP contribution in [0.25, 0.3) is 0 Å². The molecule has 0 unspecified atom stereocenters. The molecule has 0 aromatic rings. The molecule has 4 aliphatic rings. The first-order chi connectivity index (χ1) is 10.8. The molecule has 0 aromatic carbocycles. The molecule has 132 valence electrons. The van der Waals surface area contributed by atoms with E-state index < -0.39 is 11.7 Å². The topological polar surface area (TPSA) is 40.5 Å². The van der Waals surface area contributed by atoms with E-state index in [2.05, 4.69) is 13.8 Å². The maximum Gasteiger partial charge on any atom is 0.0958 e. The van der Waals surface area contributed by atoms with Gasteiger partial charge in [0.1, 0.15) is 0 Å². The molecule has 0 saturated heterocycles. The van der Waals surface area contributed by atoms with Crippen molar-refractivity contribution < 1.29 is 10.2 Å². The van der Waals surface area contributed by atoms with Gasteiger partial charge in [-0.05, 0) is 87.4 Å². The molecule has 2 nitrogen and oxygen atoms in total. The maximum absolute atomic E-state index is 11.3. The van der Waals surface area contributed by atoms with E-state index in [1.807, 2.05) is 0 Å². The molecule has 2 heteroatoms. The molecular formula is C21H36O2. The third kappa shape index (κ3) is 2.00. The van der Waals surface area contributed by atoms with Crippen LogP contribution in [-0.2, 0) is 0 Å². The second-order valence-electron chi connectivity index (χ2n) is 10.00. The highest BCUT2D eigenvalue weighted by Gasteiger charge is 2.65. The molecule has 4 aliphatic carbocycles. The fourth-order valence-corrected chi connectivity index (χ4v) is 8.03. The van der Waals surface area contributed by atoms with E-state index in [1.54, 1.807) is 6.92 Å². The van der Waals surface area contributed by atoms with Gasteiger partial charge in [0.2, 0.25) is 0 Å². The predicted octanol–water partition coefficient (Wildman–Crippen LogP) is 4.53. The lowest BCUT2D eigenvalue weighted by Crippen LogP contribution is -2.58. The standard InChI is InChI=1S/C21H36O2/c1-14(22)21(23)13-10-18-16-8-7-15-6-4-5-11-19(15,2)17(16)9-12-20(18,21)3/h14-18,22-23H,4-13H2,1-3H3/t14-,15+,16+,17+,18+,19-,20-,21-/m0/s1. The average Bonchev–Trinajstić information content (AvgIpc) is 2.80. The molecule has 0 bridgehead atoms. The van der Waals surface area contributed by atoms with E-state index in [9.17, 15) is 10.2 Å². The fraction of sp³-hybridized carbons (Fsp3) is 1.00. The van der Waals surface area contributed by atoms with Crippen LogP contribution >= 0.6 is 0 Å². The minimum absolute atomic E-state index is 0.0692. The maximum atomic E-state index is 11.3. The summed E-state index contributed by atoms with van der Waals surface area (Å²) in [6, 6.07) is 0. The summed E-state index contributed by atoms with van der Waals surface area (Å²) in [6.07, 6.45) is 12.3. The lowest BCUT2D eigenvalue weighted by atomic mass is 9.44. The minimum atomic E-state index is -0.854. The van der Waals surface area contributed by atoms with Gasteiger partial charge in [0.25, 0.3) is 0 Å². The molecule has 2 N–H and O–H groups in total. The highest BCUT2D eigenvalue weighted by molar-refractivity contribution is 5.15. The first-order valence-electron chi connectivity index (χ1n) is 10.2. The van der Waals surface area contributed by atoms with Gasteiger partial charge in [-0.1, -0.05) is 26.7 Å². The third-order valence-corrected chi connectivity index (χ3v) is 9.49. The van der Waals surface area contributed by atoms with Gasteiger partial charge in [-0.15, -0.1) is 0 Å². The zero-order valence-electron chi connectivity index (χ0n) is 15.4. The van der Waals surface area contributed by atoms with Crippen LogP contribution in [0, 0.1) is 34.5 Å². The van der Waals surface area contributed by atoms with Crippen molar-refractivity contribution in [2.24, 2.45) is 34.5 Å². The summed E-state index contributed by atoms with van der Waals surface area (Å²) >= 11 is 0. The van der Waals surface area contributed by atoms with Crippen molar-refractivity contribution in [2.45, 2.75) is 96.7 Å². The van der Waals surface area contributed by atoms with Crippen molar-refractivity contribution in [1.29, 1.82) is 0 Å². The smallest absolute Gasteiger partial charge is 0.0958 e. The average molecular weight is 321 g/mol. The van der Waals surface area contributed by atoms with Crippen LogP contribution in [0.4, 0.5) is 0 Å². The summed E-state index contributed by atoms with van der Waals surface area (Å²) in [5.74, 6) is 3.25. The van der Waals surface area contributed by atoms with Crippen LogP contribution in [-0.4, -0.2) is 21.9 Å². The van der Waals surface area contributed by atoms with Crippen molar-refractivity contribution in [2.75, 3.05) is 0 Å². The lowest BCUT2D eigenvalue weighted by Gasteiger charge is -2.61. The Hall–Kier alpha value is -0.0800. The molecular weight excluding hydrogens is 284 g/mol. The summed E-state index contributed by atoms with van der Waals surface area (Å²) in [5.41, 5.74) is -0.360. The molecule has 23 heavy (non-hydrogen) atoms. The van der Waals surface area contributed by atoms with Crippen LogP contribution in [0.2, 0.25) is 0 Å². The van der Waals surface area contributed by atoms with Gasteiger partial charge in [-0.25, -0.2) is 0 Å². The van der Waals surface area contributed by atoms with Gasteiger partial charge >= 0.3 is 0 Å². The van der Waals surface area contributed by atoms with Gasteiger partial charge in [0.15, 0.2) is 0 Å². The molecule has 0 spiro atoms. The number of fused-ring (bicyclic) bond motifs is 5. The molecule has 4 rings (SSSR count). The minimum Gasteiger partial charge on any atom is -0.390 e. The van der Waals surface area contributed by atoms with Gasteiger partial charge in [0, 0.05) is 5.41 Å². The number of aliphatic hydroxyl groups is 2. The van der Waals surface area contributed by atoms with Crippen LogP contribution in [0.1, 0.15) is 85.0 Å². The van der Waals surface area contributed by atoms with Gasteiger partial charge in [-0.3, -0.25) is 0 Å². The zero-order valence-corrected chi connectivity index (χ0v) is 15.4. The Morgan fingerprint density at radius 3 is 2.35 bits per heavy atom. The van der Waals surface area contributed by atoms with Crippen molar-refractivity contribution in [3.8, 4) is 0 Å². The van der Waals surface area contributed by atoms with Crippen LogP contribution in [0.5, 0.6) is 0 Å². The second kappa shape index (κ2) is 5.21. The second-order valence-corrected chi connectivity index (χ2v) is 10.00. The number of hydrogen-bond acceptors (Lipinski definition) is 2. The fourth-order valence-electron chi connectivity index (χ4n) is 8.03. The Kier molecular flexibility index (Phi) is 3.71. The van der Waals surface area contributed by atoms with Gasteiger partial charge in [-0.2, -0.15) is 0 Å². The third-order valence-electron chi connectivity index (χ3n) is 9.49. The van der Waals surface area contributed by atoms with E-state index in [4.69, 9.17) is 0 Å². The summed E-state index contributed by atoms with van der Waals surface area (Å²) in [5, 5.41) is 21.6. The Morgan fingerprint density at radius 1 is 0.870 bits per heavy atom. The first kappa shape index (κ1) is 16.4. The summed E-state index contributed by atoms with van der Waals surface area (Å²) in [7, 11) is 0. The van der Waals surface area contributed by atoms with E-state index in [0.29, 0.717) is 11.3 Å². The monoisotopic (exact) mass is 320 g/mol. The van der Waals surface area contributed by atoms with Crippen LogP contribution in [0.15, 0.2) is 0 Å². The molecule has 0 aliphatic heterocycles. The molecule has 0 amide bonds. The van der Waals surface area contributed by atoms with Crippen LogP contribution < -0.4 is 0 Å². The van der Waals surface area contributed by atoms with Gasteiger partial charge in [0.05, 0.1) is 11.7 Å². The Labute approximate surface area is 142 Å². The summed E-state index contributed by atoms with van der Waals surface area (Å²) in [4.78, 5) is 0. The normalized spacial score (nSPS) is 57.3. The molecule has 0 aromatic heterocycles. The Morgan fingerprint density at radius 2 is 1.61 bits per heavy atom. The first-order valence-corrected chi connectivity index (χ1v) is 10.2. The zero-order chi connectivity index (χ0) is 16.5.